The van der Waals surface area contributed by atoms with Crippen LogP contribution in [0.5, 0.6) is 0 Å². The predicted octanol–water partition coefficient (Wildman–Crippen LogP) is 3.85. The van der Waals surface area contributed by atoms with Gasteiger partial charge < -0.3 is 4.74 Å². The van der Waals surface area contributed by atoms with Crippen molar-refractivity contribution in [3.8, 4) is 0 Å². The molecule has 0 aromatic heterocycles. The maximum absolute atomic E-state index is 12.0. The molecule has 24 heavy (non-hydrogen) atoms. The Balaban J connectivity index is 2.34. The number of ether oxygens (including phenoxy) is 1. The summed E-state index contributed by atoms with van der Waals surface area (Å²) in [5.41, 5.74) is 0.507. The molecule has 0 aliphatic rings. The summed E-state index contributed by atoms with van der Waals surface area (Å²) in [6, 6.07) is 6.55. The van der Waals surface area contributed by atoms with Gasteiger partial charge in [-0.05, 0) is 58.6 Å². The molecule has 0 fully saturated rings. The largest absolute Gasteiger partial charge is 0.460 e. The van der Waals surface area contributed by atoms with E-state index in [9.17, 15) is 13.2 Å². The van der Waals surface area contributed by atoms with Gasteiger partial charge in [-0.2, -0.15) is 8.42 Å². The smallest absolute Gasteiger partial charge is 0.306 e. The van der Waals surface area contributed by atoms with Crippen LogP contribution in [0.3, 0.4) is 0 Å². The Hall–Kier alpha value is -1.40. The van der Waals surface area contributed by atoms with E-state index in [2.05, 4.69) is 0 Å². The predicted molar refractivity (Wildman–Crippen MR) is 93.2 cm³/mol. The van der Waals surface area contributed by atoms with Crippen molar-refractivity contribution < 1.29 is 22.1 Å². The Kier molecular flexibility index (Phi) is 7.42. The second-order valence-corrected chi connectivity index (χ2v) is 8.74. The molecule has 1 atom stereocenters. The standard InChI is InChI=1S/C18H28O5S/c1-14-8-10-16(11-9-14)24(20,21)22-12-6-7-15(2)13-17(19)23-18(3,4)5/h8-11,15H,6-7,12-13H2,1-5H3. The third kappa shape index (κ3) is 7.93. The molecule has 0 radical (unpaired) electrons. The van der Waals surface area contributed by atoms with Crippen molar-refractivity contribution in [3.05, 3.63) is 29.8 Å². The first-order chi connectivity index (χ1) is 11.0. The number of hydrogen-bond donors (Lipinski definition) is 0. The molecule has 1 rings (SSSR count). The van der Waals surface area contributed by atoms with Crippen LogP contribution in [0.1, 0.15) is 52.5 Å². The molecule has 0 aliphatic heterocycles. The minimum Gasteiger partial charge on any atom is -0.460 e. The lowest BCUT2D eigenvalue weighted by Gasteiger charge is -2.20. The molecule has 1 unspecified atom stereocenters. The van der Waals surface area contributed by atoms with E-state index in [1.165, 1.54) is 12.1 Å². The highest BCUT2D eigenvalue weighted by atomic mass is 32.2. The van der Waals surface area contributed by atoms with E-state index in [0.717, 1.165) is 5.56 Å². The van der Waals surface area contributed by atoms with Crippen LogP contribution < -0.4 is 0 Å². The summed E-state index contributed by atoms with van der Waals surface area (Å²) in [4.78, 5) is 11.9. The molecule has 0 aliphatic carbocycles. The fourth-order valence-corrected chi connectivity index (χ4v) is 3.09. The average molecular weight is 356 g/mol. The van der Waals surface area contributed by atoms with E-state index in [0.29, 0.717) is 19.3 Å². The first-order valence-corrected chi connectivity index (χ1v) is 9.58. The minimum absolute atomic E-state index is 0.106. The van der Waals surface area contributed by atoms with Crippen LogP contribution in [0, 0.1) is 12.8 Å². The lowest BCUT2D eigenvalue weighted by atomic mass is 10.0. The molecule has 136 valence electrons. The Morgan fingerprint density at radius 3 is 2.29 bits per heavy atom. The molecular formula is C18H28O5S. The number of benzene rings is 1. The number of hydrogen-bond acceptors (Lipinski definition) is 5. The molecule has 0 N–H and O–H groups in total. The van der Waals surface area contributed by atoms with Crippen molar-refractivity contribution in [3.63, 3.8) is 0 Å². The van der Waals surface area contributed by atoms with Crippen molar-refractivity contribution in [2.24, 2.45) is 5.92 Å². The van der Waals surface area contributed by atoms with E-state index >= 15 is 0 Å². The zero-order chi connectivity index (χ0) is 18.4. The maximum atomic E-state index is 12.0. The summed E-state index contributed by atoms with van der Waals surface area (Å²) < 4.78 is 34.4. The van der Waals surface area contributed by atoms with Crippen LogP contribution in [0.25, 0.3) is 0 Å². The molecule has 5 nitrogen and oxygen atoms in total. The molecule has 6 heteroatoms. The number of aryl methyl sites for hydroxylation is 1. The van der Waals surface area contributed by atoms with Gasteiger partial charge in [-0.15, -0.1) is 0 Å². The average Bonchev–Trinajstić information content (AvgIpc) is 2.42. The Morgan fingerprint density at radius 1 is 1.17 bits per heavy atom. The zero-order valence-corrected chi connectivity index (χ0v) is 16.0. The van der Waals surface area contributed by atoms with Crippen LogP contribution in [0.2, 0.25) is 0 Å². The van der Waals surface area contributed by atoms with Gasteiger partial charge in [0.25, 0.3) is 10.1 Å². The van der Waals surface area contributed by atoms with Gasteiger partial charge in [0.15, 0.2) is 0 Å². The van der Waals surface area contributed by atoms with Crippen molar-refractivity contribution in [2.45, 2.75) is 64.4 Å². The van der Waals surface area contributed by atoms with Crippen LogP contribution in [-0.4, -0.2) is 26.6 Å². The van der Waals surface area contributed by atoms with Crippen LogP contribution in [0.15, 0.2) is 29.2 Å². The third-order valence-electron chi connectivity index (χ3n) is 3.32. The van der Waals surface area contributed by atoms with Gasteiger partial charge in [0.1, 0.15) is 5.60 Å². The summed E-state index contributed by atoms with van der Waals surface area (Å²) in [6.07, 6.45) is 1.58. The van der Waals surface area contributed by atoms with Gasteiger partial charge >= 0.3 is 5.97 Å². The Bertz CT molecular complexity index is 626. The van der Waals surface area contributed by atoms with E-state index in [1.807, 2.05) is 34.6 Å². The number of esters is 1. The molecule has 0 saturated heterocycles. The molecular weight excluding hydrogens is 328 g/mol. The summed E-state index contributed by atoms with van der Waals surface area (Å²) in [7, 11) is -3.71. The molecule has 0 amide bonds. The molecule has 0 saturated carbocycles. The number of carbonyl (C=O) groups is 1. The summed E-state index contributed by atoms with van der Waals surface area (Å²) in [5.74, 6) is -0.117. The van der Waals surface area contributed by atoms with Crippen LogP contribution in [-0.2, 0) is 23.8 Å². The topological polar surface area (TPSA) is 69.7 Å². The van der Waals surface area contributed by atoms with Crippen molar-refractivity contribution in [1.29, 1.82) is 0 Å². The third-order valence-corrected chi connectivity index (χ3v) is 4.65. The lowest BCUT2D eigenvalue weighted by molar-refractivity contribution is -0.155. The molecule has 1 aromatic rings. The molecule has 0 heterocycles. The van der Waals surface area contributed by atoms with Gasteiger partial charge in [0.2, 0.25) is 0 Å². The minimum atomic E-state index is -3.71. The van der Waals surface area contributed by atoms with Gasteiger partial charge in [0.05, 0.1) is 11.5 Å². The SMILES string of the molecule is Cc1ccc(S(=O)(=O)OCCCC(C)CC(=O)OC(C)(C)C)cc1. The summed E-state index contributed by atoms with van der Waals surface area (Å²) in [6.45, 7) is 9.44. The highest BCUT2D eigenvalue weighted by molar-refractivity contribution is 7.86. The fourth-order valence-electron chi connectivity index (χ4n) is 2.14. The highest BCUT2D eigenvalue weighted by Gasteiger charge is 2.19. The fraction of sp³-hybridized carbons (Fsp3) is 0.611. The second kappa shape index (κ2) is 8.62. The summed E-state index contributed by atoms with van der Waals surface area (Å²) >= 11 is 0. The normalized spacial score (nSPS) is 13.5. The molecule has 1 aromatic carbocycles. The monoisotopic (exact) mass is 356 g/mol. The first kappa shape index (κ1) is 20.6. The van der Waals surface area contributed by atoms with Crippen LogP contribution >= 0.6 is 0 Å². The molecule has 0 bridgehead atoms. The van der Waals surface area contributed by atoms with Crippen molar-refractivity contribution in [2.75, 3.05) is 6.61 Å². The van der Waals surface area contributed by atoms with Gasteiger partial charge in [-0.3, -0.25) is 8.98 Å². The number of carbonyl (C=O) groups excluding carboxylic acids is 1. The number of rotatable bonds is 8. The van der Waals surface area contributed by atoms with Gasteiger partial charge in [-0.25, -0.2) is 0 Å². The van der Waals surface area contributed by atoms with E-state index < -0.39 is 15.7 Å². The quantitative estimate of drug-likeness (QED) is 0.402. The van der Waals surface area contributed by atoms with Crippen molar-refractivity contribution >= 4 is 16.1 Å². The van der Waals surface area contributed by atoms with Gasteiger partial charge in [-0.1, -0.05) is 24.6 Å². The Morgan fingerprint density at radius 2 is 1.75 bits per heavy atom. The maximum Gasteiger partial charge on any atom is 0.306 e. The first-order valence-electron chi connectivity index (χ1n) is 8.17. The van der Waals surface area contributed by atoms with E-state index in [-0.39, 0.29) is 23.4 Å². The zero-order valence-electron chi connectivity index (χ0n) is 15.2. The lowest BCUT2D eigenvalue weighted by Crippen LogP contribution is -2.24. The Labute approximate surface area is 145 Å². The summed E-state index contributed by atoms with van der Waals surface area (Å²) in [5, 5.41) is 0. The molecule has 0 spiro atoms. The van der Waals surface area contributed by atoms with Crippen molar-refractivity contribution in [1.82, 2.24) is 0 Å². The highest BCUT2D eigenvalue weighted by Crippen LogP contribution is 2.17. The van der Waals surface area contributed by atoms with Crippen LogP contribution in [0.4, 0.5) is 0 Å². The van der Waals surface area contributed by atoms with E-state index in [4.69, 9.17) is 8.92 Å². The van der Waals surface area contributed by atoms with Gasteiger partial charge in [0, 0.05) is 6.42 Å². The second-order valence-electron chi connectivity index (χ2n) is 7.13. The van der Waals surface area contributed by atoms with E-state index in [1.54, 1.807) is 12.1 Å².